The van der Waals surface area contributed by atoms with Gasteiger partial charge in [-0.05, 0) is 6.08 Å². The summed E-state index contributed by atoms with van der Waals surface area (Å²) in [4.78, 5) is 10.7. The molecule has 8 heteroatoms. The molecule has 4 N–H and O–H groups in total. The Morgan fingerprint density at radius 3 is 2.19 bits per heavy atom. The Hall–Kier alpha value is -1.80. The third-order valence-electron chi connectivity index (χ3n) is 1.92. The van der Waals surface area contributed by atoms with Crippen molar-refractivity contribution in [2.45, 2.75) is 5.25 Å². The number of hydrogen-bond donors (Lipinski definition) is 4. The maximum absolute atomic E-state index is 11.0. The van der Waals surface area contributed by atoms with Gasteiger partial charge < -0.3 is 15.3 Å². The molecule has 0 aromatic carbocycles. The quantitative estimate of drug-likeness (QED) is 0.404. The van der Waals surface area contributed by atoms with Gasteiger partial charge in [0.2, 0.25) is 0 Å². The van der Waals surface area contributed by atoms with Crippen LogP contribution in [0.2, 0.25) is 0 Å². The lowest BCUT2D eigenvalue weighted by molar-refractivity contribution is -0.132. The first-order valence-corrected chi connectivity index (χ1v) is 5.45. The van der Waals surface area contributed by atoms with E-state index in [-0.39, 0.29) is 0 Å². The van der Waals surface area contributed by atoms with E-state index in [1.807, 2.05) is 0 Å². The van der Waals surface area contributed by atoms with Gasteiger partial charge in [-0.15, -0.1) is 0 Å². The summed E-state index contributed by atoms with van der Waals surface area (Å²) in [5.74, 6) is -2.93. The maximum atomic E-state index is 11.0. The normalized spacial score (nSPS) is 20.4. The number of rotatable bonds is 2. The summed E-state index contributed by atoms with van der Waals surface area (Å²) in [7, 11) is -4.79. The molecule has 0 saturated carbocycles. The van der Waals surface area contributed by atoms with E-state index in [1.54, 1.807) is 0 Å². The summed E-state index contributed by atoms with van der Waals surface area (Å²) in [6, 6.07) is 0. The Kier molecular flexibility index (Phi) is 3.06. The lowest BCUT2D eigenvalue weighted by Crippen LogP contribution is -2.30. The smallest absolute Gasteiger partial charge is 0.333 e. The SMILES string of the molecule is O=C(O)C1=CC=CC(=C(O)O)C1S(=O)(=O)O. The molecule has 16 heavy (non-hydrogen) atoms. The van der Waals surface area contributed by atoms with Gasteiger partial charge in [0.1, 0.15) is 0 Å². The van der Waals surface area contributed by atoms with Crippen LogP contribution in [0, 0.1) is 0 Å². The van der Waals surface area contributed by atoms with Crippen molar-refractivity contribution < 1.29 is 33.1 Å². The fourth-order valence-electron chi connectivity index (χ4n) is 1.29. The third-order valence-corrected chi connectivity index (χ3v) is 3.02. The first-order chi connectivity index (χ1) is 7.25. The topological polar surface area (TPSA) is 132 Å². The van der Waals surface area contributed by atoms with Crippen LogP contribution in [0.15, 0.2) is 35.3 Å². The molecule has 0 aliphatic heterocycles. The Labute approximate surface area is 90.4 Å². The molecular formula is C8H8O7S. The summed E-state index contributed by atoms with van der Waals surface area (Å²) in [6.07, 6.45) is 3.07. The van der Waals surface area contributed by atoms with E-state index in [4.69, 9.17) is 19.9 Å². The molecule has 1 aliphatic carbocycles. The highest BCUT2D eigenvalue weighted by atomic mass is 32.2. The average Bonchev–Trinajstić information content (AvgIpc) is 2.15. The van der Waals surface area contributed by atoms with Crippen molar-refractivity contribution in [3.8, 4) is 0 Å². The number of aliphatic hydroxyl groups excluding tert-OH is 1. The van der Waals surface area contributed by atoms with Gasteiger partial charge in [0.15, 0.2) is 5.25 Å². The number of carboxylic acid groups (broad SMARTS) is 1. The fourth-order valence-corrected chi connectivity index (χ4v) is 2.30. The molecule has 1 aliphatic rings. The van der Waals surface area contributed by atoms with Crippen LogP contribution in [-0.4, -0.2) is 39.5 Å². The van der Waals surface area contributed by atoms with E-state index < -0.39 is 38.4 Å². The van der Waals surface area contributed by atoms with Crippen molar-refractivity contribution in [1.82, 2.24) is 0 Å². The highest BCUT2D eigenvalue weighted by molar-refractivity contribution is 7.87. The zero-order valence-corrected chi connectivity index (χ0v) is 8.55. The molecule has 0 saturated heterocycles. The van der Waals surface area contributed by atoms with E-state index in [2.05, 4.69) is 0 Å². The van der Waals surface area contributed by atoms with Crippen LogP contribution in [0.3, 0.4) is 0 Å². The minimum Gasteiger partial charge on any atom is -0.481 e. The minimum absolute atomic E-state index is 0.595. The number of aliphatic carboxylic acids is 1. The first-order valence-electron chi connectivity index (χ1n) is 3.95. The monoisotopic (exact) mass is 248 g/mol. The standard InChI is InChI=1S/C8H8O7S/c9-7(10)4-2-1-3-5(8(11)12)6(4)16(13,14)15/h1-3,6,9-10H,(H,11,12)(H,13,14,15). The van der Waals surface area contributed by atoms with Gasteiger partial charge in [0, 0.05) is 0 Å². The number of carbonyl (C=O) groups is 1. The molecule has 88 valence electrons. The van der Waals surface area contributed by atoms with E-state index in [1.165, 1.54) is 0 Å². The second-order valence-electron chi connectivity index (χ2n) is 2.96. The van der Waals surface area contributed by atoms with Gasteiger partial charge in [-0.25, -0.2) is 4.79 Å². The first kappa shape index (κ1) is 12.3. The summed E-state index contributed by atoms with van der Waals surface area (Å²) in [5, 5.41) is 24.3. The van der Waals surface area contributed by atoms with Gasteiger partial charge in [-0.3, -0.25) is 4.55 Å². The zero-order chi connectivity index (χ0) is 12.5. The van der Waals surface area contributed by atoms with Crippen molar-refractivity contribution in [2.75, 3.05) is 0 Å². The van der Waals surface area contributed by atoms with Crippen molar-refractivity contribution in [3.63, 3.8) is 0 Å². The van der Waals surface area contributed by atoms with Crippen LogP contribution < -0.4 is 0 Å². The van der Waals surface area contributed by atoms with Crippen LogP contribution in [0.4, 0.5) is 0 Å². The Balaban J connectivity index is 3.44. The van der Waals surface area contributed by atoms with Crippen molar-refractivity contribution in [2.24, 2.45) is 0 Å². The second-order valence-corrected chi connectivity index (χ2v) is 4.46. The van der Waals surface area contributed by atoms with Crippen LogP contribution in [0.25, 0.3) is 0 Å². The minimum atomic E-state index is -4.79. The molecule has 0 radical (unpaired) electrons. The molecule has 1 unspecified atom stereocenters. The van der Waals surface area contributed by atoms with Crippen molar-refractivity contribution in [1.29, 1.82) is 0 Å². The Morgan fingerprint density at radius 2 is 1.81 bits per heavy atom. The number of carboxylic acids is 1. The lowest BCUT2D eigenvalue weighted by Gasteiger charge is -2.18. The van der Waals surface area contributed by atoms with Gasteiger partial charge >= 0.3 is 5.97 Å². The van der Waals surface area contributed by atoms with Crippen LogP contribution in [0.5, 0.6) is 0 Å². The summed E-state index contributed by atoms with van der Waals surface area (Å²) in [6.45, 7) is 0. The van der Waals surface area contributed by atoms with E-state index in [0.717, 1.165) is 18.2 Å². The van der Waals surface area contributed by atoms with Crippen molar-refractivity contribution >= 4 is 16.1 Å². The molecule has 7 nitrogen and oxygen atoms in total. The van der Waals surface area contributed by atoms with Gasteiger partial charge in [-0.1, -0.05) is 12.2 Å². The Bertz CT molecular complexity index is 505. The molecule has 1 rings (SSSR count). The Morgan fingerprint density at radius 1 is 1.25 bits per heavy atom. The molecule has 0 aromatic heterocycles. The highest BCUT2D eigenvalue weighted by Crippen LogP contribution is 2.26. The number of hydrogen-bond acceptors (Lipinski definition) is 5. The molecule has 0 aromatic rings. The average molecular weight is 248 g/mol. The molecule has 0 bridgehead atoms. The lowest BCUT2D eigenvalue weighted by atomic mass is 10.00. The van der Waals surface area contributed by atoms with Crippen LogP contribution >= 0.6 is 0 Å². The summed E-state index contributed by atoms with van der Waals surface area (Å²) >= 11 is 0. The molecule has 0 spiro atoms. The van der Waals surface area contributed by atoms with E-state index in [0.29, 0.717) is 0 Å². The molecule has 0 amide bonds. The molecule has 1 atom stereocenters. The van der Waals surface area contributed by atoms with E-state index >= 15 is 0 Å². The zero-order valence-electron chi connectivity index (χ0n) is 7.73. The van der Waals surface area contributed by atoms with Crippen LogP contribution in [-0.2, 0) is 14.9 Å². The molecular weight excluding hydrogens is 240 g/mol. The fraction of sp³-hybridized carbons (Fsp3) is 0.125. The van der Waals surface area contributed by atoms with Crippen molar-refractivity contribution in [3.05, 3.63) is 35.3 Å². The second kappa shape index (κ2) is 3.99. The van der Waals surface area contributed by atoms with Gasteiger partial charge in [0.05, 0.1) is 11.1 Å². The molecule has 0 fully saturated rings. The number of aliphatic hydroxyl groups is 2. The van der Waals surface area contributed by atoms with Gasteiger partial charge in [0.25, 0.3) is 16.1 Å². The predicted octanol–water partition coefficient (Wildman–Crippen LogP) is 0.151. The molecule has 0 heterocycles. The largest absolute Gasteiger partial charge is 0.481 e. The summed E-state index contributed by atoms with van der Waals surface area (Å²) in [5.41, 5.74) is -1.26. The van der Waals surface area contributed by atoms with E-state index in [9.17, 15) is 13.2 Å². The summed E-state index contributed by atoms with van der Waals surface area (Å²) < 4.78 is 30.8. The highest BCUT2D eigenvalue weighted by Gasteiger charge is 2.37. The van der Waals surface area contributed by atoms with Crippen LogP contribution in [0.1, 0.15) is 0 Å². The number of allylic oxidation sites excluding steroid dienone is 3. The predicted molar refractivity (Wildman–Crippen MR) is 52.5 cm³/mol. The van der Waals surface area contributed by atoms with Gasteiger partial charge in [-0.2, -0.15) is 8.42 Å². The third kappa shape index (κ3) is 2.23. The maximum Gasteiger partial charge on any atom is 0.333 e.